The van der Waals surface area contributed by atoms with Crippen LogP contribution in [0.15, 0.2) is 0 Å². The first kappa shape index (κ1) is 14.8. The Balaban J connectivity index is 1.92. The summed E-state index contributed by atoms with van der Waals surface area (Å²) in [6, 6.07) is 0.567. The number of carbonyl (C=O) groups excluding carboxylic acids is 1. The van der Waals surface area contributed by atoms with E-state index in [0.717, 1.165) is 25.2 Å². The van der Waals surface area contributed by atoms with Gasteiger partial charge >= 0.3 is 0 Å². The number of carbonyl (C=O) groups is 1. The van der Waals surface area contributed by atoms with Crippen LogP contribution >= 0.6 is 0 Å². The Labute approximate surface area is 117 Å². The van der Waals surface area contributed by atoms with Crippen LogP contribution in [-0.4, -0.2) is 18.0 Å². The molecular formula is C16H30N2O. The van der Waals surface area contributed by atoms with E-state index in [1.807, 2.05) is 0 Å². The maximum Gasteiger partial charge on any atom is 0.223 e. The van der Waals surface area contributed by atoms with Crippen molar-refractivity contribution in [3.05, 3.63) is 0 Å². The SMILES string of the molecule is CC1CC(C)C(C(=O)NC2CCC(C)C2C)CC1N. The number of hydrogen-bond acceptors (Lipinski definition) is 2. The van der Waals surface area contributed by atoms with Gasteiger partial charge in [-0.3, -0.25) is 4.79 Å². The van der Waals surface area contributed by atoms with E-state index < -0.39 is 0 Å². The molecule has 0 saturated heterocycles. The molecule has 0 aliphatic heterocycles. The van der Waals surface area contributed by atoms with Gasteiger partial charge in [0.25, 0.3) is 0 Å². The standard InChI is InChI=1S/C16H30N2O/c1-9-5-6-15(12(9)4)18-16(19)13-8-14(17)11(3)7-10(13)2/h9-15H,5-8,17H2,1-4H3,(H,18,19). The highest BCUT2D eigenvalue weighted by Gasteiger charge is 2.37. The largest absolute Gasteiger partial charge is 0.353 e. The van der Waals surface area contributed by atoms with Crippen molar-refractivity contribution >= 4 is 5.91 Å². The summed E-state index contributed by atoms with van der Waals surface area (Å²) < 4.78 is 0. The lowest BCUT2D eigenvalue weighted by molar-refractivity contribution is -0.129. The smallest absolute Gasteiger partial charge is 0.223 e. The third kappa shape index (κ3) is 3.13. The molecule has 110 valence electrons. The molecule has 0 aromatic carbocycles. The second-order valence-electron chi connectivity index (χ2n) is 7.23. The van der Waals surface area contributed by atoms with Gasteiger partial charge in [0.1, 0.15) is 0 Å². The number of nitrogens with one attached hydrogen (secondary N) is 1. The highest BCUT2D eigenvalue weighted by Crippen LogP contribution is 2.35. The van der Waals surface area contributed by atoms with Gasteiger partial charge in [-0.15, -0.1) is 0 Å². The van der Waals surface area contributed by atoms with Crippen LogP contribution in [0.2, 0.25) is 0 Å². The molecule has 0 heterocycles. The lowest BCUT2D eigenvalue weighted by Crippen LogP contribution is -2.48. The van der Waals surface area contributed by atoms with Crippen LogP contribution in [0.3, 0.4) is 0 Å². The summed E-state index contributed by atoms with van der Waals surface area (Å²) in [5, 5.41) is 3.30. The van der Waals surface area contributed by atoms with Gasteiger partial charge < -0.3 is 11.1 Å². The van der Waals surface area contributed by atoms with Crippen molar-refractivity contribution in [1.29, 1.82) is 0 Å². The van der Waals surface area contributed by atoms with E-state index in [1.54, 1.807) is 0 Å². The summed E-state index contributed by atoms with van der Waals surface area (Å²) in [7, 11) is 0. The number of nitrogens with two attached hydrogens (primary N) is 1. The molecule has 7 atom stereocenters. The van der Waals surface area contributed by atoms with E-state index in [1.165, 1.54) is 6.42 Å². The molecule has 0 aromatic heterocycles. The van der Waals surface area contributed by atoms with Crippen molar-refractivity contribution in [3.8, 4) is 0 Å². The zero-order valence-corrected chi connectivity index (χ0v) is 12.9. The van der Waals surface area contributed by atoms with E-state index in [-0.39, 0.29) is 17.9 Å². The van der Waals surface area contributed by atoms with E-state index in [0.29, 0.717) is 23.8 Å². The third-order valence-corrected chi connectivity index (χ3v) is 5.82. The molecule has 0 spiro atoms. The van der Waals surface area contributed by atoms with Crippen LogP contribution < -0.4 is 11.1 Å². The summed E-state index contributed by atoms with van der Waals surface area (Å²) in [4.78, 5) is 12.5. The van der Waals surface area contributed by atoms with Crippen LogP contribution in [0.1, 0.15) is 53.4 Å². The molecule has 19 heavy (non-hydrogen) atoms. The maximum absolute atomic E-state index is 12.5. The minimum atomic E-state index is 0.120. The fraction of sp³-hybridized carbons (Fsp3) is 0.938. The molecule has 3 heteroatoms. The van der Waals surface area contributed by atoms with Gasteiger partial charge in [-0.2, -0.15) is 0 Å². The van der Waals surface area contributed by atoms with Crippen LogP contribution in [0.5, 0.6) is 0 Å². The van der Waals surface area contributed by atoms with Gasteiger partial charge in [-0.1, -0.05) is 27.7 Å². The Kier molecular flexibility index (Phi) is 4.54. The predicted octanol–water partition coefficient (Wildman–Crippen LogP) is 2.55. The molecule has 3 nitrogen and oxygen atoms in total. The average molecular weight is 266 g/mol. The van der Waals surface area contributed by atoms with E-state index >= 15 is 0 Å². The summed E-state index contributed by atoms with van der Waals surface area (Å²) >= 11 is 0. The van der Waals surface area contributed by atoms with Crippen LogP contribution in [-0.2, 0) is 4.79 Å². The fourth-order valence-corrected chi connectivity index (χ4v) is 3.91. The Morgan fingerprint density at radius 1 is 1.00 bits per heavy atom. The molecule has 2 saturated carbocycles. The quantitative estimate of drug-likeness (QED) is 0.807. The first-order valence-electron chi connectivity index (χ1n) is 7.96. The normalized spacial score (nSPS) is 47.1. The van der Waals surface area contributed by atoms with E-state index in [4.69, 9.17) is 5.73 Å². The van der Waals surface area contributed by atoms with Crippen molar-refractivity contribution in [2.75, 3.05) is 0 Å². The lowest BCUT2D eigenvalue weighted by Gasteiger charge is -2.37. The highest BCUT2D eigenvalue weighted by molar-refractivity contribution is 5.79. The maximum atomic E-state index is 12.5. The summed E-state index contributed by atoms with van der Waals surface area (Å²) in [6.45, 7) is 8.96. The Hall–Kier alpha value is -0.570. The van der Waals surface area contributed by atoms with Crippen LogP contribution in [0, 0.1) is 29.6 Å². The van der Waals surface area contributed by atoms with Gasteiger partial charge in [0, 0.05) is 18.0 Å². The topological polar surface area (TPSA) is 55.1 Å². The monoisotopic (exact) mass is 266 g/mol. The minimum Gasteiger partial charge on any atom is -0.353 e. The van der Waals surface area contributed by atoms with E-state index in [9.17, 15) is 4.79 Å². The van der Waals surface area contributed by atoms with Crippen molar-refractivity contribution in [3.63, 3.8) is 0 Å². The highest BCUT2D eigenvalue weighted by atomic mass is 16.2. The molecule has 0 aromatic rings. The Bertz CT molecular complexity index is 331. The number of hydrogen-bond donors (Lipinski definition) is 2. The molecule has 2 rings (SSSR count). The molecule has 3 N–H and O–H groups in total. The van der Waals surface area contributed by atoms with Crippen molar-refractivity contribution in [1.82, 2.24) is 5.32 Å². The minimum absolute atomic E-state index is 0.120. The van der Waals surface area contributed by atoms with E-state index in [2.05, 4.69) is 33.0 Å². The van der Waals surface area contributed by atoms with Crippen molar-refractivity contribution in [2.45, 2.75) is 65.5 Å². The number of amides is 1. The molecule has 2 aliphatic rings. The molecule has 1 amide bonds. The average Bonchev–Trinajstić information content (AvgIpc) is 2.65. The zero-order valence-electron chi connectivity index (χ0n) is 12.9. The Morgan fingerprint density at radius 2 is 1.68 bits per heavy atom. The van der Waals surface area contributed by atoms with Gasteiger partial charge in [-0.25, -0.2) is 0 Å². The zero-order chi connectivity index (χ0) is 14.2. The lowest BCUT2D eigenvalue weighted by atomic mass is 9.72. The molecule has 2 aliphatic carbocycles. The molecule has 0 bridgehead atoms. The predicted molar refractivity (Wildman–Crippen MR) is 78.5 cm³/mol. The third-order valence-electron chi connectivity index (χ3n) is 5.82. The van der Waals surface area contributed by atoms with Crippen molar-refractivity contribution < 1.29 is 4.79 Å². The second-order valence-corrected chi connectivity index (χ2v) is 7.23. The van der Waals surface area contributed by atoms with Gasteiger partial charge in [0.15, 0.2) is 0 Å². The van der Waals surface area contributed by atoms with Gasteiger partial charge in [0.2, 0.25) is 5.91 Å². The summed E-state index contributed by atoms with van der Waals surface area (Å²) in [5.41, 5.74) is 6.15. The van der Waals surface area contributed by atoms with Crippen molar-refractivity contribution in [2.24, 2.45) is 35.3 Å². The summed E-state index contributed by atoms with van der Waals surface area (Å²) in [6.07, 6.45) is 4.31. The molecule has 0 radical (unpaired) electrons. The fourth-order valence-electron chi connectivity index (χ4n) is 3.91. The van der Waals surface area contributed by atoms with Gasteiger partial charge in [-0.05, 0) is 49.4 Å². The number of rotatable bonds is 2. The molecular weight excluding hydrogens is 236 g/mol. The van der Waals surface area contributed by atoms with Crippen LogP contribution in [0.25, 0.3) is 0 Å². The molecule has 7 unspecified atom stereocenters. The summed E-state index contributed by atoms with van der Waals surface area (Å²) in [5.74, 6) is 2.72. The first-order chi connectivity index (χ1) is 8.90. The molecule has 2 fully saturated rings. The first-order valence-corrected chi connectivity index (χ1v) is 7.96. The Morgan fingerprint density at radius 3 is 2.26 bits per heavy atom. The second kappa shape index (κ2) is 5.82. The van der Waals surface area contributed by atoms with Crippen LogP contribution in [0.4, 0.5) is 0 Å². The van der Waals surface area contributed by atoms with Gasteiger partial charge in [0.05, 0.1) is 0 Å².